The number of nitrogens with one attached hydrogen (secondary N) is 1. The Hall–Kier alpha value is -2.08. The van der Waals surface area contributed by atoms with Crippen LogP contribution in [0, 0.1) is 0 Å². The van der Waals surface area contributed by atoms with Gasteiger partial charge in [0.2, 0.25) is 0 Å². The molecule has 0 radical (unpaired) electrons. The number of carbonyl (C=O) groups is 2. The molecule has 1 aromatic rings. The average molecular weight is 292 g/mol. The highest BCUT2D eigenvalue weighted by Crippen LogP contribution is 2.27. The van der Waals surface area contributed by atoms with Gasteiger partial charge in [0.25, 0.3) is 0 Å². The molecule has 1 aliphatic carbocycles. The number of rotatable bonds is 7. The number of carboxylic acids is 1. The highest BCUT2D eigenvalue weighted by molar-refractivity contribution is 5.84. The standard InChI is InChI=1S/C15H20N2O4/c1-21-10-9-17(12-7-8-12)15(20)16-13(14(18)19)11-5-3-2-4-6-11/h2-6,12-13H,7-10H2,1H3,(H,16,20)(H,18,19). The number of nitrogens with zero attached hydrogens (tertiary/aromatic N) is 1. The largest absolute Gasteiger partial charge is 0.479 e. The molecule has 1 saturated carbocycles. The lowest BCUT2D eigenvalue weighted by molar-refractivity contribution is -0.139. The fourth-order valence-electron chi connectivity index (χ4n) is 2.17. The molecular weight excluding hydrogens is 272 g/mol. The summed E-state index contributed by atoms with van der Waals surface area (Å²) in [5, 5.41) is 11.9. The lowest BCUT2D eigenvalue weighted by Crippen LogP contribution is -2.46. The average Bonchev–Trinajstić information content (AvgIpc) is 3.30. The number of carbonyl (C=O) groups excluding carboxylic acids is 1. The summed E-state index contributed by atoms with van der Waals surface area (Å²) in [4.78, 5) is 25.4. The van der Waals surface area contributed by atoms with E-state index in [-0.39, 0.29) is 12.1 Å². The van der Waals surface area contributed by atoms with E-state index in [1.165, 1.54) is 0 Å². The van der Waals surface area contributed by atoms with E-state index in [1.807, 2.05) is 0 Å². The topological polar surface area (TPSA) is 78.9 Å². The van der Waals surface area contributed by atoms with E-state index < -0.39 is 12.0 Å². The summed E-state index contributed by atoms with van der Waals surface area (Å²) in [6.07, 6.45) is 1.92. The van der Waals surface area contributed by atoms with Gasteiger partial charge in [-0.2, -0.15) is 0 Å². The molecule has 1 unspecified atom stereocenters. The van der Waals surface area contributed by atoms with Crippen LogP contribution in [0.5, 0.6) is 0 Å². The van der Waals surface area contributed by atoms with Gasteiger partial charge in [0.15, 0.2) is 6.04 Å². The van der Waals surface area contributed by atoms with E-state index in [2.05, 4.69) is 5.32 Å². The minimum atomic E-state index is -1.07. The van der Waals surface area contributed by atoms with Gasteiger partial charge in [0.1, 0.15) is 0 Å². The third kappa shape index (κ3) is 4.19. The Bertz CT molecular complexity index is 488. The Labute approximate surface area is 123 Å². The number of carboxylic acid groups (broad SMARTS) is 1. The van der Waals surface area contributed by atoms with E-state index >= 15 is 0 Å². The van der Waals surface area contributed by atoms with Gasteiger partial charge >= 0.3 is 12.0 Å². The van der Waals surface area contributed by atoms with Gasteiger partial charge in [0.05, 0.1) is 6.61 Å². The van der Waals surface area contributed by atoms with Crippen LogP contribution in [0.1, 0.15) is 24.4 Å². The predicted octanol–water partition coefficient (Wildman–Crippen LogP) is 1.63. The highest BCUT2D eigenvalue weighted by atomic mass is 16.5. The Morgan fingerprint density at radius 3 is 2.57 bits per heavy atom. The van der Waals surface area contributed by atoms with E-state index in [1.54, 1.807) is 42.3 Å². The smallest absolute Gasteiger partial charge is 0.330 e. The lowest BCUT2D eigenvalue weighted by atomic mass is 10.1. The van der Waals surface area contributed by atoms with Gasteiger partial charge in [-0.1, -0.05) is 30.3 Å². The molecule has 1 fully saturated rings. The number of ether oxygens (including phenoxy) is 1. The van der Waals surface area contributed by atoms with Crippen molar-refractivity contribution in [2.75, 3.05) is 20.3 Å². The third-order valence-corrected chi connectivity index (χ3v) is 3.43. The van der Waals surface area contributed by atoms with Gasteiger partial charge in [-0.3, -0.25) is 0 Å². The van der Waals surface area contributed by atoms with Crippen LogP contribution in [0.3, 0.4) is 0 Å². The summed E-state index contributed by atoms with van der Waals surface area (Å²) in [7, 11) is 1.58. The summed E-state index contributed by atoms with van der Waals surface area (Å²) in [5.41, 5.74) is 0.556. The van der Waals surface area contributed by atoms with Gasteiger partial charge in [-0.25, -0.2) is 9.59 Å². The molecule has 0 spiro atoms. The summed E-state index contributed by atoms with van der Waals surface area (Å²) >= 11 is 0. The summed E-state index contributed by atoms with van der Waals surface area (Å²) < 4.78 is 5.00. The lowest BCUT2D eigenvalue weighted by Gasteiger charge is -2.25. The first kappa shape index (κ1) is 15.3. The van der Waals surface area contributed by atoms with Gasteiger partial charge in [-0.15, -0.1) is 0 Å². The predicted molar refractivity (Wildman–Crippen MR) is 77.0 cm³/mol. The van der Waals surface area contributed by atoms with E-state index in [4.69, 9.17) is 4.74 Å². The van der Waals surface area contributed by atoms with Crippen molar-refractivity contribution in [3.63, 3.8) is 0 Å². The van der Waals surface area contributed by atoms with Crippen molar-refractivity contribution in [2.45, 2.75) is 24.9 Å². The van der Waals surface area contributed by atoms with Crippen LogP contribution in [-0.4, -0.2) is 48.3 Å². The summed E-state index contributed by atoms with van der Waals surface area (Å²) in [6.45, 7) is 0.904. The molecule has 0 aliphatic heterocycles. The maximum Gasteiger partial charge on any atom is 0.330 e. The first-order valence-corrected chi connectivity index (χ1v) is 6.97. The Morgan fingerprint density at radius 2 is 2.05 bits per heavy atom. The van der Waals surface area contributed by atoms with Crippen molar-refractivity contribution in [3.05, 3.63) is 35.9 Å². The normalized spacial score (nSPS) is 15.3. The molecule has 2 N–H and O–H groups in total. The number of methoxy groups -OCH3 is 1. The van der Waals surface area contributed by atoms with Crippen LogP contribution in [0.4, 0.5) is 4.79 Å². The van der Waals surface area contributed by atoms with Gasteiger partial charge in [0, 0.05) is 19.7 Å². The first-order chi connectivity index (χ1) is 10.1. The molecular formula is C15H20N2O4. The van der Waals surface area contributed by atoms with Crippen LogP contribution in [0.2, 0.25) is 0 Å². The second-order valence-corrected chi connectivity index (χ2v) is 5.05. The number of amides is 2. The number of urea groups is 1. The molecule has 2 amide bonds. The van der Waals surface area contributed by atoms with E-state index in [9.17, 15) is 14.7 Å². The minimum Gasteiger partial charge on any atom is -0.479 e. The van der Waals surface area contributed by atoms with Crippen molar-refractivity contribution < 1.29 is 19.4 Å². The quantitative estimate of drug-likeness (QED) is 0.800. The fraction of sp³-hybridized carbons (Fsp3) is 0.467. The molecule has 1 aliphatic rings. The van der Waals surface area contributed by atoms with Crippen molar-refractivity contribution in [1.82, 2.24) is 10.2 Å². The van der Waals surface area contributed by atoms with Crippen LogP contribution < -0.4 is 5.32 Å². The molecule has 114 valence electrons. The monoisotopic (exact) mass is 292 g/mol. The molecule has 21 heavy (non-hydrogen) atoms. The van der Waals surface area contributed by atoms with Crippen molar-refractivity contribution in [1.29, 1.82) is 0 Å². The van der Waals surface area contributed by atoms with Crippen molar-refractivity contribution in [2.24, 2.45) is 0 Å². The number of aliphatic carboxylic acids is 1. The molecule has 0 saturated heterocycles. The molecule has 6 heteroatoms. The van der Waals surface area contributed by atoms with Crippen molar-refractivity contribution >= 4 is 12.0 Å². The second-order valence-electron chi connectivity index (χ2n) is 5.05. The Morgan fingerprint density at radius 1 is 1.38 bits per heavy atom. The van der Waals surface area contributed by atoms with Crippen LogP contribution in [0.25, 0.3) is 0 Å². The number of benzene rings is 1. The van der Waals surface area contributed by atoms with Gasteiger partial charge in [-0.05, 0) is 18.4 Å². The van der Waals surface area contributed by atoms with E-state index in [0.717, 1.165) is 12.8 Å². The molecule has 2 rings (SSSR count). The minimum absolute atomic E-state index is 0.199. The summed E-state index contributed by atoms with van der Waals surface area (Å²) in [6, 6.07) is 7.49. The van der Waals surface area contributed by atoms with Gasteiger partial charge < -0.3 is 20.1 Å². The molecule has 0 bridgehead atoms. The van der Waals surface area contributed by atoms with E-state index in [0.29, 0.717) is 18.7 Å². The van der Waals surface area contributed by atoms with Crippen LogP contribution in [-0.2, 0) is 9.53 Å². The third-order valence-electron chi connectivity index (χ3n) is 3.43. The zero-order valence-corrected chi connectivity index (χ0v) is 12.0. The highest BCUT2D eigenvalue weighted by Gasteiger charge is 2.34. The van der Waals surface area contributed by atoms with Crippen LogP contribution >= 0.6 is 0 Å². The Balaban J connectivity index is 2.05. The number of hydrogen-bond donors (Lipinski definition) is 2. The zero-order chi connectivity index (χ0) is 15.2. The Kier molecular flexibility index (Phi) is 5.16. The molecule has 6 nitrogen and oxygen atoms in total. The van der Waals surface area contributed by atoms with Crippen molar-refractivity contribution in [3.8, 4) is 0 Å². The second kappa shape index (κ2) is 7.08. The summed E-state index contributed by atoms with van der Waals surface area (Å²) in [5.74, 6) is -1.07. The fourth-order valence-corrected chi connectivity index (χ4v) is 2.17. The molecule has 1 atom stereocenters. The first-order valence-electron chi connectivity index (χ1n) is 6.97. The zero-order valence-electron chi connectivity index (χ0n) is 12.0. The molecule has 0 heterocycles. The van der Waals surface area contributed by atoms with Crippen LogP contribution in [0.15, 0.2) is 30.3 Å². The molecule has 0 aromatic heterocycles. The SMILES string of the molecule is COCCN(C(=O)NC(C(=O)O)c1ccccc1)C1CC1. The maximum atomic E-state index is 12.3. The molecule has 1 aromatic carbocycles. The maximum absolute atomic E-state index is 12.3. The number of hydrogen-bond acceptors (Lipinski definition) is 3.